The van der Waals surface area contributed by atoms with Gasteiger partial charge in [0.05, 0.1) is 18.2 Å². The largest absolute Gasteiger partial charge is 0.398 e. The molecule has 0 aliphatic heterocycles. The highest BCUT2D eigenvalue weighted by molar-refractivity contribution is 5.72. The van der Waals surface area contributed by atoms with E-state index in [0.29, 0.717) is 24.5 Å². The number of pyridine rings is 1. The van der Waals surface area contributed by atoms with Crippen LogP contribution in [0.15, 0.2) is 41.9 Å². The van der Waals surface area contributed by atoms with Gasteiger partial charge in [-0.05, 0) is 6.07 Å². The van der Waals surface area contributed by atoms with Crippen LogP contribution in [0.3, 0.4) is 0 Å². The van der Waals surface area contributed by atoms with Gasteiger partial charge in [-0.2, -0.15) is 4.98 Å². The molecule has 0 aliphatic rings. The van der Waals surface area contributed by atoms with Crippen LogP contribution < -0.4 is 5.73 Å². The third-order valence-corrected chi connectivity index (χ3v) is 2.83. The molecule has 0 aliphatic carbocycles. The molecule has 0 saturated carbocycles. The summed E-state index contributed by atoms with van der Waals surface area (Å²) in [6.45, 7) is 0.698. The van der Waals surface area contributed by atoms with Gasteiger partial charge in [-0.25, -0.2) is 4.98 Å². The third kappa shape index (κ3) is 2.30. The van der Waals surface area contributed by atoms with Crippen molar-refractivity contribution in [2.75, 3.05) is 5.73 Å². The van der Waals surface area contributed by atoms with Crippen molar-refractivity contribution < 1.29 is 4.52 Å². The average Bonchev–Trinajstić information content (AvgIpc) is 3.08. The number of nitrogens with zero attached hydrogens (tertiary/aromatic N) is 5. The summed E-state index contributed by atoms with van der Waals surface area (Å²) in [7, 11) is 0. The molecule has 7 nitrogen and oxygen atoms in total. The Labute approximate surface area is 109 Å². The lowest BCUT2D eigenvalue weighted by Gasteiger charge is -2.08. The molecule has 0 spiro atoms. The molecule has 0 amide bonds. The van der Waals surface area contributed by atoms with Crippen molar-refractivity contribution >= 4 is 5.69 Å². The Balaban J connectivity index is 1.84. The van der Waals surface area contributed by atoms with Gasteiger partial charge in [-0.3, -0.25) is 4.98 Å². The number of nitrogens with two attached hydrogens (primary N) is 1. The number of nitrogen functional groups attached to an aromatic ring is 1. The molecule has 0 unspecified atom stereocenters. The fourth-order valence-electron chi connectivity index (χ4n) is 1.87. The lowest BCUT2D eigenvalue weighted by atomic mass is 10.2. The first-order chi connectivity index (χ1) is 9.34. The maximum Gasteiger partial charge on any atom is 0.213 e. The molecule has 3 heterocycles. The van der Waals surface area contributed by atoms with Gasteiger partial charge < -0.3 is 14.8 Å². The SMILES string of the molecule is Nc1ccncc1-c1cncn1CCc1ncon1. The number of anilines is 1. The Kier molecular flexibility index (Phi) is 2.93. The van der Waals surface area contributed by atoms with Gasteiger partial charge >= 0.3 is 0 Å². The first-order valence-electron chi connectivity index (χ1n) is 5.80. The van der Waals surface area contributed by atoms with E-state index >= 15 is 0 Å². The predicted octanol–water partition coefficient (Wildman–Crippen LogP) is 1.15. The first kappa shape index (κ1) is 11.4. The van der Waals surface area contributed by atoms with Crippen LogP contribution in [0, 0.1) is 0 Å². The standard InChI is InChI=1S/C12H12N6O/c13-10-1-3-14-5-9(10)11-6-15-7-18(11)4-2-12-16-8-19-17-12/h1,3,5-8H,2,4H2,(H2,13,14). The number of aromatic nitrogens is 5. The minimum absolute atomic E-state index is 0.666. The summed E-state index contributed by atoms with van der Waals surface area (Å²) >= 11 is 0. The summed E-state index contributed by atoms with van der Waals surface area (Å²) in [6.07, 6.45) is 8.91. The van der Waals surface area contributed by atoms with E-state index in [9.17, 15) is 0 Å². The Morgan fingerprint density at radius 2 is 2.21 bits per heavy atom. The monoisotopic (exact) mass is 256 g/mol. The predicted molar refractivity (Wildman–Crippen MR) is 67.9 cm³/mol. The molecule has 96 valence electrons. The van der Waals surface area contributed by atoms with E-state index in [4.69, 9.17) is 10.3 Å². The van der Waals surface area contributed by atoms with E-state index in [1.165, 1.54) is 6.39 Å². The van der Waals surface area contributed by atoms with Crippen molar-refractivity contribution in [2.24, 2.45) is 0 Å². The first-order valence-corrected chi connectivity index (χ1v) is 5.80. The van der Waals surface area contributed by atoms with Gasteiger partial charge in [0.2, 0.25) is 6.39 Å². The molecule has 0 saturated heterocycles. The molecule has 3 aromatic rings. The van der Waals surface area contributed by atoms with Crippen LogP contribution in [0.25, 0.3) is 11.3 Å². The van der Waals surface area contributed by atoms with Crippen LogP contribution in [0.5, 0.6) is 0 Å². The minimum Gasteiger partial charge on any atom is -0.398 e. The number of imidazole rings is 1. The number of rotatable bonds is 4. The van der Waals surface area contributed by atoms with E-state index in [2.05, 4.69) is 20.1 Å². The highest BCUT2D eigenvalue weighted by Crippen LogP contribution is 2.24. The quantitative estimate of drug-likeness (QED) is 0.752. The molecule has 7 heteroatoms. The zero-order chi connectivity index (χ0) is 13.1. The molecule has 2 N–H and O–H groups in total. The molecular weight excluding hydrogens is 244 g/mol. The van der Waals surface area contributed by atoms with Crippen molar-refractivity contribution in [2.45, 2.75) is 13.0 Å². The highest BCUT2D eigenvalue weighted by atomic mass is 16.5. The molecular formula is C12H12N6O. The zero-order valence-corrected chi connectivity index (χ0v) is 10.1. The van der Waals surface area contributed by atoms with Crippen LogP contribution in [0.2, 0.25) is 0 Å². The van der Waals surface area contributed by atoms with E-state index in [-0.39, 0.29) is 0 Å². The van der Waals surface area contributed by atoms with Crippen LogP contribution in [-0.2, 0) is 13.0 Å². The zero-order valence-electron chi connectivity index (χ0n) is 10.1. The van der Waals surface area contributed by atoms with Crippen molar-refractivity contribution in [3.8, 4) is 11.3 Å². The van der Waals surface area contributed by atoms with E-state index in [1.807, 2.05) is 4.57 Å². The van der Waals surface area contributed by atoms with Gasteiger partial charge in [0.1, 0.15) is 0 Å². The number of aryl methyl sites for hydroxylation is 2. The maximum atomic E-state index is 5.95. The Morgan fingerprint density at radius 3 is 3.00 bits per heavy atom. The molecule has 3 rings (SSSR count). The van der Waals surface area contributed by atoms with Crippen LogP contribution >= 0.6 is 0 Å². The van der Waals surface area contributed by atoms with Crippen LogP contribution in [-0.4, -0.2) is 24.7 Å². The maximum absolute atomic E-state index is 5.95. The number of hydrogen-bond acceptors (Lipinski definition) is 6. The van der Waals surface area contributed by atoms with Gasteiger partial charge in [-0.1, -0.05) is 5.16 Å². The van der Waals surface area contributed by atoms with E-state index in [1.54, 1.807) is 31.0 Å². The van der Waals surface area contributed by atoms with Crippen LogP contribution in [0.4, 0.5) is 5.69 Å². The summed E-state index contributed by atoms with van der Waals surface area (Å²) < 4.78 is 6.69. The molecule has 19 heavy (non-hydrogen) atoms. The van der Waals surface area contributed by atoms with Crippen molar-refractivity contribution in [1.82, 2.24) is 24.7 Å². The van der Waals surface area contributed by atoms with E-state index in [0.717, 1.165) is 11.3 Å². The topological polar surface area (TPSA) is 95.7 Å². The van der Waals surface area contributed by atoms with Gasteiger partial charge in [0.15, 0.2) is 5.82 Å². The Morgan fingerprint density at radius 1 is 1.26 bits per heavy atom. The highest BCUT2D eigenvalue weighted by Gasteiger charge is 2.09. The lowest BCUT2D eigenvalue weighted by Crippen LogP contribution is -2.04. The minimum atomic E-state index is 0.666. The summed E-state index contributed by atoms with van der Waals surface area (Å²) in [4.78, 5) is 12.2. The normalized spacial score (nSPS) is 10.7. The Hall–Kier alpha value is -2.70. The molecule has 0 radical (unpaired) electrons. The molecule has 0 aromatic carbocycles. The van der Waals surface area contributed by atoms with Gasteiger partial charge in [0.25, 0.3) is 0 Å². The third-order valence-electron chi connectivity index (χ3n) is 2.83. The molecule has 0 fully saturated rings. The van der Waals surface area contributed by atoms with E-state index < -0.39 is 0 Å². The van der Waals surface area contributed by atoms with Crippen molar-refractivity contribution in [3.05, 3.63) is 43.2 Å². The number of hydrogen-bond donors (Lipinski definition) is 1. The fourth-order valence-corrected chi connectivity index (χ4v) is 1.87. The van der Waals surface area contributed by atoms with Crippen LogP contribution in [0.1, 0.15) is 5.82 Å². The summed E-state index contributed by atoms with van der Waals surface area (Å²) in [5, 5.41) is 3.78. The Bertz CT molecular complexity index is 660. The molecule has 3 aromatic heterocycles. The van der Waals surface area contributed by atoms with Gasteiger partial charge in [-0.15, -0.1) is 0 Å². The summed E-state index contributed by atoms with van der Waals surface area (Å²) in [5.74, 6) is 0.666. The molecule has 0 bridgehead atoms. The second-order valence-electron chi connectivity index (χ2n) is 4.03. The summed E-state index contributed by atoms with van der Waals surface area (Å²) in [6, 6.07) is 1.77. The van der Waals surface area contributed by atoms with Gasteiger partial charge in [0, 0.05) is 36.6 Å². The lowest BCUT2D eigenvalue weighted by molar-refractivity contribution is 0.408. The second kappa shape index (κ2) is 4.89. The molecule has 0 atom stereocenters. The average molecular weight is 256 g/mol. The second-order valence-corrected chi connectivity index (χ2v) is 4.03. The fraction of sp³-hybridized carbons (Fsp3) is 0.167. The summed E-state index contributed by atoms with van der Waals surface area (Å²) in [5.41, 5.74) is 8.42. The van der Waals surface area contributed by atoms with Crippen molar-refractivity contribution in [3.63, 3.8) is 0 Å². The van der Waals surface area contributed by atoms with Crippen molar-refractivity contribution in [1.29, 1.82) is 0 Å². The smallest absolute Gasteiger partial charge is 0.213 e.